The SMILES string of the molecule is O=[N+]([O-])C1([N+](=O)[O-])C=CC=C(N=Cc2ccccc2)C1. The second kappa shape index (κ2) is 5.43. The van der Waals surface area contributed by atoms with Gasteiger partial charge in [-0.25, -0.2) is 0 Å². The fourth-order valence-corrected chi connectivity index (χ4v) is 1.80. The first-order valence-corrected chi connectivity index (χ1v) is 5.81. The fourth-order valence-electron chi connectivity index (χ4n) is 1.80. The third kappa shape index (κ3) is 2.61. The number of allylic oxidation sites excluding steroid dienone is 2. The van der Waals surface area contributed by atoms with Gasteiger partial charge in [0.1, 0.15) is 16.3 Å². The molecule has 7 nitrogen and oxygen atoms in total. The lowest BCUT2D eigenvalue weighted by Gasteiger charge is -2.15. The van der Waals surface area contributed by atoms with Crippen molar-refractivity contribution in [1.82, 2.24) is 0 Å². The predicted octanol–water partition coefficient (Wildman–Crippen LogP) is 2.20. The van der Waals surface area contributed by atoms with Gasteiger partial charge in [0.05, 0.1) is 11.8 Å². The van der Waals surface area contributed by atoms with Crippen LogP contribution >= 0.6 is 0 Å². The Hall–Kier alpha value is -2.83. The highest BCUT2D eigenvalue weighted by molar-refractivity contribution is 5.80. The summed E-state index contributed by atoms with van der Waals surface area (Å²) >= 11 is 0. The molecule has 0 N–H and O–H groups in total. The van der Waals surface area contributed by atoms with Crippen molar-refractivity contribution in [2.45, 2.75) is 12.1 Å². The maximum atomic E-state index is 11.0. The van der Waals surface area contributed by atoms with Crippen LogP contribution < -0.4 is 0 Å². The second-order valence-corrected chi connectivity index (χ2v) is 4.26. The summed E-state index contributed by atoms with van der Waals surface area (Å²) in [5.74, 6) is 0. The molecule has 0 amide bonds. The van der Waals surface area contributed by atoms with Gasteiger partial charge in [-0.05, 0) is 17.7 Å². The number of rotatable bonds is 4. The van der Waals surface area contributed by atoms with E-state index in [1.54, 1.807) is 0 Å². The molecule has 0 unspecified atom stereocenters. The van der Waals surface area contributed by atoms with Gasteiger partial charge in [0.15, 0.2) is 0 Å². The molecule has 2 rings (SSSR count). The number of nitrogens with zero attached hydrogens (tertiary/aromatic N) is 3. The normalized spacial score (nSPS) is 16.9. The van der Waals surface area contributed by atoms with E-state index in [-0.39, 0.29) is 6.42 Å². The summed E-state index contributed by atoms with van der Waals surface area (Å²) in [6.07, 6.45) is 4.97. The summed E-state index contributed by atoms with van der Waals surface area (Å²) in [4.78, 5) is 24.2. The molecule has 0 spiro atoms. The minimum Gasteiger partial charge on any atom is -0.260 e. The van der Waals surface area contributed by atoms with Gasteiger partial charge >= 0.3 is 5.66 Å². The van der Waals surface area contributed by atoms with E-state index in [1.807, 2.05) is 30.3 Å². The van der Waals surface area contributed by atoms with Crippen LogP contribution in [0.1, 0.15) is 12.0 Å². The van der Waals surface area contributed by atoms with Gasteiger partial charge in [0, 0.05) is 6.21 Å². The summed E-state index contributed by atoms with van der Waals surface area (Å²) in [7, 11) is 0. The van der Waals surface area contributed by atoms with Crippen molar-refractivity contribution >= 4 is 6.21 Å². The highest BCUT2D eigenvalue weighted by Crippen LogP contribution is 2.27. The molecule has 0 radical (unpaired) electrons. The molecular formula is C13H11N3O4. The van der Waals surface area contributed by atoms with Crippen molar-refractivity contribution in [3.8, 4) is 0 Å². The molecule has 102 valence electrons. The fraction of sp³-hybridized carbons (Fsp3) is 0.154. The molecule has 1 aliphatic carbocycles. The van der Waals surface area contributed by atoms with Crippen molar-refractivity contribution in [3.63, 3.8) is 0 Å². The lowest BCUT2D eigenvalue weighted by atomic mass is 10.00. The molecule has 1 aromatic carbocycles. The Balaban J connectivity index is 2.22. The van der Waals surface area contributed by atoms with Gasteiger partial charge in [0.2, 0.25) is 0 Å². The zero-order chi connectivity index (χ0) is 14.6. The summed E-state index contributed by atoms with van der Waals surface area (Å²) < 4.78 is 0. The van der Waals surface area contributed by atoms with Crippen LogP contribution in [0.25, 0.3) is 0 Å². The average Bonchev–Trinajstić information content (AvgIpc) is 2.46. The highest BCUT2D eigenvalue weighted by Gasteiger charge is 2.55. The summed E-state index contributed by atoms with van der Waals surface area (Å²) in [6, 6.07) is 9.14. The lowest BCUT2D eigenvalue weighted by molar-refractivity contribution is -0.780. The van der Waals surface area contributed by atoms with Gasteiger partial charge in [-0.1, -0.05) is 30.3 Å². The Bertz CT molecular complexity index is 606. The summed E-state index contributed by atoms with van der Waals surface area (Å²) in [5, 5.41) is 21.9. The largest absolute Gasteiger partial charge is 0.483 e. The number of aliphatic imine (C=N–C) groups is 1. The lowest BCUT2D eigenvalue weighted by Crippen LogP contribution is -2.45. The number of hydrogen-bond donors (Lipinski definition) is 0. The van der Waals surface area contributed by atoms with Crippen LogP contribution in [0.5, 0.6) is 0 Å². The molecule has 0 saturated carbocycles. The Kier molecular flexibility index (Phi) is 3.69. The molecular weight excluding hydrogens is 262 g/mol. The van der Waals surface area contributed by atoms with Gasteiger partial charge in [0.25, 0.3) is 0 Å². The second-order valence-electron chi connectivity index (χ2n) is 4.26. The first-order valence-electron chi connectivity index (χ1n) is 5.81. The first kappa shape index (κ1) is 13.6. The van der Waals surface area contributed by atoms with E-state index in [0.29, 0.717) is 5.70 Å². The van der Waals surface area contributed by atoms with Crippen molar-refractivity contribution in [1.29, 1.82) is 0 Å². The number of hydrogen-bond acceptors (Lipinski definition) is 5. The van der Waals surface area contributed by atoms with Crippen LogP contribution in [0.4, 0.5) is 0 Å². The minimum atomic E-state index is -2.32. The Morgan fingerprint density at radius 3 is 2.40 bits per heavy atom. The van der Waals surface area contributed by atoms with E-state index in [9.17, 15) is 20.2 Å². The van der Waals surface area contributed by atoms with Crippen molar-refractivity contribution in [2.75, 3.05) is 0 Å². The molecule has 0 aliphatic heterocycles. The molecule has 0 saturated heterocycles. The minimum absolute atomic E-state index is 0.296. The van der Waals surface area contributed by atoms with E-state index in [4.69, 9.17) is 0 Å². The van der Waals surface area contributed by atoms with Crippen molar-refractivity contribution in [2.24, 2.45) is 4.99 Å². The summed E-state index contributed by atoms with van der Waals surface area (Å²) in [5.41, 5.74) is -1.21. The van der Waals surface area contributed by atoms with Gasteiger partial charge in [-0.3, -0.25) is 25.2 Å². The van der Waals surface area contributed by atoms with Gasteiger partial charge < -0.3 is 0 Å². The first-order chi connectivity index (χ1) is 9.54. The monoisotopic (exact) mass is 273 g/mol. The smallest absolute Gasteiger partial charge is 0.260 e. The molecule has 0 heterocycles. The quantitative estimate of drug-likeness (QED) is 0.363. The Morgan fingerprint density at radius 2 is 1.80 bits per heavy atom. The highest BCUT2D eigenvalue weighted by atomic mass is 16.7. The zero-order valence-electron chi connectivity index (χ0n) is 10.4. The third-order valence-corrected chi connectivity index (χ3v) is 2.90. The Labute approximate surface area is 114 Å². The number of nitro groups is 2. The zero-order valence-corrected chi connectivity index (χ0v) is 10.4. The van der Waals surface area contributed by atoms with Crippen LogP contribution in [-0.2, 0) is 0 Å². The molecule has 7 heteroatoms. The molecule has 20 heavy (non-hydrogen) atoms. The van der Waals surface area contributed by atoms with E-state index in [2.05, 4.69) is 4.99 Å². The van der Waals surface area contributed by atoms with Crippen LogP contribution in [0.2, 0.25) is 0 Å². The van der Waals surface area contributed by atoms with Crippen LogP contribution in [0.3, 0.4) is 0 Å². The molecule has 1 aromatic rings. The van der Waals surface area contributed by atoms with Crippen LogP contribution in [-0.4, -0.2) is 21.7 Å². The topological polar surface area (TPSA) is 98.6 Å². The molecule has 1 aliphatic rings. The van der Waals surface area contributed by atoms with E-state index in [0.717, 1.165) is 11.6 Å². The molecule has 0 aromatic heterocycles. The average molecular weight is 273 g/mol. The molecule has 0 atom stereocenters. The maximum Gasteiger partial charge on any atom is 0.483 e. The molecule has 0 bridgehead atoms. The van der Waals surface area contributed by atoms with E-state index >= 15 is 0 Å². The van der Waals surface area contributed by atoms with E-state index in [1.165, 1.54) is 18.4 Å². The van der Waals surface area contributed by atoms with E-state index < -0.39 is 15.5 Å². The predicted molar refractivity (Wildman–Crippen MR) is 72.6 cm³/mol. The Morgan fingerprint density at radius 1 is 1.15 bits per heavy atom. The van der Waals surface area contributed by atoms with Gasteiger partial charge in [-0.2, -0.15) is 0 Å². The van der Waals surface area contributed by atoms with Crippen LogP contribution in [0, 0.1) is 20.2 Å². The number of benzene rings is 1. The molecule has 0 fully saturated rings. The van der Waals surface area contributed by atoms with Crippen molar-refractivity contribution in [3.05, 3.63) is 80.0 Å². The maximum absolute atomic E-state index is 11.0. The van der Waals surface area contributed by atoms with Crippen LogP contribution in [0.15, 0.2) is 59.2 Å². The third-order valence-electron chi connectivity index (χ3n) is 2.90. The van der Waals surface area contributed by atoms with Gasteiger partial charge in [-0.15, -0.1) is 0 Å². The standard InChI is InChI=1S/C13H11N3O4/c17-15(18)13(16(19)20)8-4-7-12(9-13)14-10-11-5-2-1-3-6-11/h1-8,10H,9H2. The van der Waals surface area contributed by atoms with Crippen molar-refractivity contribution < 1.29 is 9.85 Å². The summed E-state index contributed by atoms with van der Waals surface area (Å²) in [6.45, 7) is 0.